The van der Waals surface area contributed by atoms with Crippen molar-refractivity contribution in [3.63, 3.8) is 0 Å². The van der Waals surface area contributed by atoms with Crippen LogP contribution >= 0.6 is 74.5 Å². The molecule has 6 aliphatic carbocycles. The summed E-state index contributed by atoms with van der Waals surface area (Å²) in [4.78, 5) is 68.9. The number of benzene rings is 2. The molecule has 0 amide bonds. The molecule has 4 fully saturated rings. The lowest BCUT2D eigenvalue weighted by atomic mass is 9.55. The number of hydrogen-bond donors (Lipinski definition) is 1. The lowest BCUT2D eigenvalue weighted by molar-refractivity contribution is -0.374. The van der Waals surface area contributed by atoms with Crippen molar-refractivity contribution in [2.75, 3.05) is 144 Å². The second kappa shape index (κ2) is 55.3. The van der Waals surface area contributed by atoms with Crippen LogP contribution < -0.4 is 33.9 Å². The Bertz CT molecular complexity index is 3750. The zero-order valence-electron chi connectivity index (χ0n) is 76.8. The van der Waals surface area contributed by atoms with Crippen LogP contribution in [0.25, 0.3) is 0 Å². The third kappa shape index (κ3) is 38.9. The molecule has 14 atom stereocenters. The molecule has 14 unspecified atom stereocenters. The molecule has 0 saturated heterocycles. The predicted molar refractivity (Wildman–Crippen MR) is 480 cm³/mol. The number of halogens is 9. The Hall–Kier alpha value is -0.990. The Morgan fingerprint density at radius 1 is 0.450 bits per heavy atom. The van der Waals surface area contributed by atoms with Crippen molar-refractivity contribution in [3.8, 4) is 11.5 Å². The average molecular weight is 2010 g/mol. The first kappa shape index (κ1) is 115. The van der Waals surface area contributed by atoms with Crippen LogP contribution in [0.5, 0.6) is 11.5 Å². The summed E-state index contributed by atoms with van der Waals surface area (Å²) in [5, 5.41) is 0. The second-order valence-electron chi connectivity index (χ2n) is 36.9. The number of fused-ring (bicyclic) bond motifs is 10. The van der Waals surface area contributed by atoms with Gasteiger partial charge in [0, 0.05) is 82.0 Å². The number of ether oxygens (including phenoxy) is 6. The fourth-order valence-electron chi connectivity index (χ4n) is 19.4. The Morgan fingerprint density at radius 3 is 1.21 bits per heavy atom. The molecule has 2 aromatic carbocycles. The Kier molecular flexibility index (Phi) is 49.3. The lowest BCUT2D eigenvalue weighted by Gasteiger charge is -2.50. The van der Waals surface area contributed by atoms with E-state index in [0.29, 0.717) is 74.6 Å². The van der Waals surface area contributed by atoms with Crippen molar-refractivity contribution >= 4 is 74.5 Å². The molecule has 2 aromatic rings. The molecule has 8 rings (SSSR count). The van der Waals surface area contributed by atoms with E-state index in [2.05, 4.69) is 97.0 Å². The molecular weight excluding hydrogens is 1860 g/mol. The van der Waals surface area contributed by atoms with Crippen LogP contribution in [-0.2, 0) is 77.2 Å². The van der Waals surface area contributed by atoms with Gasteiger partial charge in [0.15, 0.2) is 5.60 Å². The summed E-state index contributed by atoms with van der Waals surface area (Å²) in [6, 6.07) is 13.3. The van der Waals surface area contributed by atoms with Gasteiger partial charge in [-0.1, -0.05) is 133 Å². The first-order chi connectivity index (χ1) is 60.7. The molecule has 0 aromatic heterocycles. The third-order valence-electron chi connectivity index (χ3n) is 27.3. The van der Waals surface area contributed by atoms with Crippen LogP contribution in [-0.4, -0.2) is 200 Å². The van der Waals surface area contributed by atoms with Gasteiger partial charge in [0.05, 0.1) is 60.9 Å². The summed E-state index contributed by atoms with van der Waals surface area (Å²) in [6.45, 7) is 10.3. The van der Waals surface area contributed by atoms with Crippen molar-refractivity contribution in [1.82, 2.24) is 9.80 Å². The van der Waals surface area contributed by atoms with E-state index in [1.807, 2.05) is 43.2 Å². The van der Waals surface area contributed by atoms with Gasteiger partial charge in [0.1, 0.15) is 24.7 Å². The molecule has 0 bridgehead atoms. The van der Waals surface area contributed by atoms with Gasteiger partial charge in [0.2, 0.25) is 0 Å². The highest BCUT2D eigenvalue weighted by molar-refractivity contribution is 8.77. The molecule has 0 aliphatic heterocycles. The number of nitrogens with zero attached hydrogens (tertiary/aromatic N) is 2. The normalized spacial score (nSPS) is 24.0. The maximum Gasteiger partial charge on any atom is 0.471 e. The number of phosphoric ester groups is 4. The molecule has 6 aliphatic rings. The Balaban J connectivity index is 0.000000354. The van der Waals surface area contributed by atoms with E-state index in [4.69, 9.17) is 32.7 Å². The third-order valence-corrected chi connectivity index (χ3v) is 35.2. The predicted octanol–water partition coefficient (Wildman–Crippen LogP) is 20.1. The average Bonchev–Trinajstić information content (AvgIpc) is 1.60. The largest absolute Gasteiger partial charge is 0.790 e. The van der Waals surface area contributed by atoms with Crippen LogP contribution in [0.15, 0.2) is 36.4 Å². The fraction of sp³-hybridized carbons (Fsp3) is 0.864. The zero-order valence-corrected chi connectivity index (χ0v) is 83.7. The molecule has 750 valence electrons. The molecule has 24 nitrogen and oxygen atoms in total. The first-order valence-corrected chi connectivity index (χ1v) is 57.1. The van der Waals surface area contributed by atoms with Crippen LogP contribution in [0, 0.1) is 46.3 Å². The van der Waals surface area contributed by atoms with Gasteiger partial charge in [-0.25, -0.2) is 4.57 Å². The summed E-state index contributed by atoms with van der Waals surface area (Å²) in [6.07, 6.45) is 15.1. The maximum absolute atomic E-state index is 13.2. The minimum Gasteiger partial charge on any atom is -0.790 e. The molecule has 0 radical (unpaired) electrons. The second-order valence-corrected chi connectivity index (χ2v) is 47.7. The standard InChI is InChI=1S/C44H73F6NO11P2S2.C44H76F3NO11P2S2/c1-41-22-21-37-36-18-16-35(30-34(36)15-17-38(37)39(41)19-20-40(41)59-25-13-26-60-42(2,43(45,46)47)44(48,49)50)58-27-24-51(3)23-10-6-8-12-29-66-65-28-11-7-5-9-14-33(31-61-63(52,53)54)32-62-64(55,56)57-4;1-42(2,44(45,46)47)57-27-14-26-56-41-21-20-40-39-18-16-35-31-36(17-19-37(35)38(39)22-23-43(40,41)3)55-28-25-48(4)24-11-7-9-13-30-63-62-29-12-8-6-10-15-34(32-58-60(49,50)51)33-59-61(52,53)54-5/h16,18,30,33,37-40H,5-15,17,19-29,31-32H2,1-4H3,(H,55,56)(H2,52,53,54);17,19,31,34,38-41H,6-16,18,20-30,32-33H2,1-5H3,(H,52,53)(H2,49,50,51)/p-5. The number of unbranched alkanes of at least 4 members (excludes halogenated alkanes) is 12. The number of phosphoric acid groups is 4. The number of aryl methyl sites for hydroxylation is 2. The molecule has 0 heterocycles. The van der Waals surface area contributed by atoms with Crippen molar-refractivity contribution < 1.29 is 143 Å². The lowest BCUT2D eigenvalue weighted by Crippen LogP contribution is -2.56. The smallest absolute Gasteiger partial charge is 0.471 e. The van der Waals surface area contributed by atoms with Crippen molar-refractivity contribution in [3.05, 3.63) is 58.7 Å². The van der Waals surface area contributed by atoms with Gasteiger partial charge in [-0.05, 0) is 282 Å². The van der Waals surface area contributed by atoms with Crippen molar-refractivity contribution in [2.24, 2.45) is 46.3 Å². The minimum absolute atomic E-state index is 0.0310. The van der Waals surface area contributed by atoms with Crippen LogP contribution in [0.3, 0.4) is 0 Å². The Labute approximate surface area is 776 Å². The van der Waals surface area contributed by atoms with Gasteiger partial charge in [-0.15, -0.1) is 0 Å². The fourth-order valence-corrected chi connectivity index (χ4v) is 25.8. The highest BCUT2D eigenvalue weighted by Gasteiger charge is 2.69. The van der Waals surface area contributed by atoms with Gasteiger partial charge in [-0.3, -0.25) is 13.6 Å². The van der Waals surface area contributed by atoms with E-state index in [1.165, 1.54) is 67.2 Å². The van der Waals surface area contributed by atoms with Crippen LogP contribution in [0.4, 0.5) is 39.5 Å². The van der Waals surface area contributed by atoms with Gasteiger partial charge < -0.3 is 94.8 Å². The van der Waals surface area contributed by atoms with Crippen LogP contribution in [0.2, 0.25) is 0 Å². The van der Waals surface area contributed by atoms with E-state index in [9.17, 15) is 87.1 Å². The van der Waals surface area contributed by atoms with Gasteiger partial charge in [-0.2, -0.15) is 39.5 Å². The summed E-state index contributed by atoms with van der Waals surface area (Å²) in [5.41, 5.74) is -0.682. The summed E-state index contributed by atoms with van der Waals surface area (Å²) >= 11 is 0. The van der Waals surface area contributed by atoms with E-state index in [0.717, 1.165) is 224 Å². The molecule has 41 heteroatoms. The molecular formula is C88H144F9N2O22P4S4-5. The summed E-state index contributed by atoms with van der Waals surface area (Å²) < 4.78 is 225. The number of alkyl halides is 9. The van der Waals surface area contributed by atoms with E-state index in [-0.39, 0.29) is 62.8 Å². The molecule has 1 N–H and O–H groups in total. The summed E-state index contributed by atoms with van der Waals surface area (Å²) in [5.74, 6) is 8.25. The maximum atomic E-state index is 13.2. The minimum atomic E-state index is -5.57. The van der Waals surface area contributed by atoms with E-state index in [1.54, 1.807) is 0 Å². The SMILES string of the molecule is COP(=O)(O)OCC(CCCCCCSSCCCCCCN(C)CCOc1ccc2c(c1)CCC1C2CCC2(C)C(OCCCOC(C)(C(F)(F)F)C(F)(F)F)CCC12)COP(=O)([O-])[O-].COP(=O)([O-])OCC(CCCCCCSSCCCCCCN(C)CCOc1ccc2c(c1)CCC1C2CCC2(C)C(OCCCOC(C)(C)C(F)(F)F)CCC12)COP(=O)([O-])[O-]. The number of hydrogen-bond acceptors (Lipinski definition) is 27. The van der Waals surface area contributed by atoms with Crippen molar-refractivity contribution in [1.29, 1.82) is 0 Å². The quantitative estimate of drug-likeness (QED) is 0.0278. The number of likely N-dealkylation sites (N-methyl/N-ethyl adjacent to an activating group) is 2. The monoisotopic (exact) mass is 2000 g/mol. The topological polar surface area (TPSA) is 321 Å². The van der Waals surface area contributed by atoms with Gasteiger partial charge in [0.25, 0.3) is 13.4 Å². The van der Waals surface area contributed by atoms with Gasteiger partial charge >= 0.3 is 26.4 Å². The molecule has 129 heavy (non-hydrogen) atoms. The van der Waals surface area contributed by atoms with Crippen LogP contribution in [0.1, 0.15) is 261 Å². The highest BCUT2D eigenvalue weighted by Crippen LogP contribution is 2.64. The number of rotatable bonds is 64. The first-order valence-electron chi connectivity index (χ1n) is 46.2. The summed E-state index contributed by atoms with van der Waals surface area (Å²) in [7, 11) is -5.15. The van der Waals surface area contributed by atoms with E-state index >= 15 is 0 Å². The van der Waals surface area contributed by atoms with E-state index < -0.39 is 92.7 Å². The zero-order chi connectivity index (χ0) is 94.8. The molecule has 4 saturated carbocycles. The van der Waals surface area contributed by atoms with Crippen molar-refractivity contribution in [2.45, 2.75) is 294 Å². The Morgan fingerprint density at radius 2 is 0.829 bits per heavy atom. The highest BCUT2D eigenvalue weighted by atomic mass is 33.1. The molecule has 0 spiro atoms.